The molecule has 2 atom stereocenters. The van der Waals surface area contributed by atoms with Crippen LogP contribution in [0, 0.1) is 5.92 Å². The number of hydrogen-bond donors (Lipinski definition) is 2. The van der Waals surface area contributed by atoms with Crippen LogP contribution in [0.2, 0.25) is 0 Å². The molecule has 0 bridgehead atoms. The minimum atomic E-state index is -3.83. The Labute approximate surface area is 172 Å². The number of ether oxygens (including phenoxy) is 1. The van der Waals surface area contributed by atoms with Crippen molar-refractivity contribution >= 4 is 21.9 Å². The SMILES string of the molecule is CCN(CC)S(=O)(=O)c1cc(C(=O)N[C@@H]2CCCCC[C@@H]2C(=O)O)ccc1OC. The number of carbonyl (C=O) groups excluding carboxylic acids is 1. The summed E-state index contributed by atoms with van der Waals surface area (Å²) in [5, 5.41) is 12.3. The molecule has 1 fully saturated rings. The third-order valence-electron chi connectivity index (χ3n) is 5.40. The first kappa shape index (κ1) is 23.2. The van der Waals surface area contributed by atoms with E-state index < -0.39 is 33.9 Å². The highest BCUT2D eigenvalue weighted by Gasteiger charge is 2.32. The second-order valence-corrected chi connectivity index (χ2v) is 9.02. The standard InChI is InChI=1S/C20H30N2O6S/c1-4-22(5-2)29(26,27)18-13-14(11-12-17(18)28-3)19(23)21-16-10-8-6-7-9-15(16)20(24)25/h11-13,15-16H,4-10H2,1-3H3,(H,21,23)(H,24,25)/t15-,16+/m0/s1. The molecule has 1 aromatic carbocycles. The van der Waals surface area contributed by atoms with Crippen molar-refractivity contribution in [3.05, 3.63) is 23.8 Å². The van der Waals surface area contributed by atoms with Gasteiger partial charge in [0.05, 0.1) is 13.0 Å². The Bertz CT molecular complexity index is 835. The number of aliphatic carboxylic acids is 1. The Balaban J connectivity index is 2.35. The smallest absolute Gasteiger partial charge is 0.308 e. The lowest BCUT2D eigenvalue weighted by Gasteiger charge is -2.23. The minimum absolute atomic E-state index is 0.0769. The fraction of sp³-hybridized carbons (Fsp3) is 0.600. The highest BCUT2D eigenvalue weighted by Crippen LogP contribution is 2.29. The van der Waals surface area contributed by atoms with E-state index in [9.17, 15) is 23.1 Å². The van der Waals surface area contributed by atoms with Crippen LogP contribution in [0.25, 0.3) is 0 Å². The number of amides is 1. The van der Waals surface area contributed by atoms with Gasteiger partial charge in [0.2, 0.25) is 10.0 Å². The van der Waals surface area contributed by atoms with Crippen LogP contribution in [0.15, 0.2) is 23.1 Å². The van der Waals surface area contributed by atoms with Crippen molar-refractivity contribution in [1.82, 2.24) is 9.62 Å². The largest absolute Gasteiger partial charge is 0.495 e. The highest BCUT2D eigenvalue weighted by atomic mass is 32.2. The summed E-state index contributed by atoms with van der Waals surface area (Å²) in [5.41, 5.74) is 0.157. The molecular formula is C20H30N2O6S. The number of carboxylic acid groups (broad SMARTS) is 1. The van der Waals surface area contributed by atoms with E-state index >= 15 is 0 Å². The number of hydrogen-bond acceptors (Lipinski definition) is 5. The Morgan fingerprint density at radius 3 is 2.41 bits per heavy atom. The van der Waals surface area contributed by atoms with Crippen LogP contribution in [0.1, 0.15) is 56.3 Å². The van der Waals surface area contributed by atoms with Gasteiger partial charge in [0.25, 0.3) is 5.91 Å². The molecule has 1 aromatic rings. The van der Waals surface area contributed by atoms with Crippen LogP contribution in [-0.4, -0.2) is 55.9 Å². The summed E-state index contributed by atoms with van der Waals surface area (Å²) in [6, 6.07) is 3.76. The number of rotatable bonds is 8. The van der Waals surface area contributed by atoms with Crippen LogP contribution in [0.4, 0.5) is 0 Å². The molecule has 0 spiro atoms. The van der Waals surface area contributed by atoms with Crippen LogP contribution >= 0.6 is 0 Å². The van der Waals surface area contributed by atoms with E-state index in [-0.39, 0.29) is 16.2 Å². The summed E-state index contributed by atoms with van der Waals surface area (Å²) in [6.45, 7) is 4.06. The summed E-state index contributed by atoms with van der Waals surface area (Å²) in [5.74, 6) is -1.89. The Morgan fingerprint density at radius 2 is 1.83 bits per heavy atom. The molecule has 9 heteroatoms. The lowest BCUT2D eigenvalue weighted by Crippen LogP contribution is -2.42. The van der Waals surface area contributed by atoms with Gasteiger partial charge in [-0.25, -0.2) is 8.42 Å². The van der Waals surface area contributed by atoms with E-state index in [0.717, 1.165) is 19.3 Å². The molecule has 0 heterocycles. The minimum Gasteiger partial charge on any atom is -0.495 e. The van der Waals surface area contributed by atoms with Crippen molar-refractivity contribution < 1.29 is 27.9 Å². The predicted molar refractivity (Wildman–Crippen MR) is 109 cm³/mol. The van der Waals surface area contributed by atoms with E-state index in [1.807, 2.05) is 0 Å². The zero-order chi connectivity index (χ0) is 21.6. The third-order valence-corrected chi connectivity index (χ3v) is 7.47. The van der Waals surface area contributed by atoms with Gasteiger partial charge < -0.3 is 15.2 Å². The van der Waals surface area contributed by atoms with E-state index in [4.69, 9.17) is 4.74 Å². The number of nitrogens with zero attached hydrogens (tertiary/aromatic N) is 1. The van der Waals surface area contributed by atoms with Gasteiger partial charge in [-0.3, -0.25) is 9.59 Å². The molecule has 0 aromatic heterocycles. The zero-order valence-corrected chi connectivity index (χ0v) is 18.0. The molecule has 0 saturated heterocycles. The molecule has 0 radical (unpaired) electrons. The van der Waals surface area contributed by atoms with Gasteiger partial charge in [0.15, 0.2) is 0 Å². The molecule has 1 aliphatic carbocycles. The second kappa shape index (κ2) is 10.1. The maximum Gasteiger partial charge on any atom is 0.308 e. The molecule has 1 aliphatic rings. The zero-order valence-electron chi connectivity index (χ0n) is 17.2. The van der Waals surface area contributed by atoms with Crippen molar-refractivity contribution in [3.8, 4) is 5.75 Å². The number of sulfonamides is 1. The number of carboxylic acids is 1. The molecule has 162 valence electrons. The van der Waals surface area contributed by atoms with Gasteiger partial charge in [-0.1, -0.05) is 33.1 Å². The summed E-state index contributed by atoms with van der Waals surface area (Å²) >= 11 is 0. The summed E-state index contributed by atoms with van der Waals surface area (Å²) < 4.78 is 32.4. The van der Waals surface area contributed by atoms with Crippen molar-refractivity contribution in [3.63, 3.8) is 0 Å². The first-order valence-corrected chi connectivity index (χ1v) is 11.4. The number of benzene rings is 1. The first-order valence-electron chi connectivity index (χ1n) is 9.98. The monoisotopic (exact) mass is 426 g/mol. The summed E-state index contributed by atoms with van der Waals surface area (Å²) in [6.07, 6.45) is 3.70. The molecule has 1 amide bonds. The second-order valence-electron chi connectivity index (χ2n) is 7.12. The number of nitrogens with one attached hydrogen (secondary N) is 1. The van der Waals surface area contributed by atoms with Gasteiger partial charge in [-0.15, -0.1) is 0 Å². The van der Waals surface area contributed by atoms with E-state index in [1.165, 1.54) is 29.6 Å². The molecule has 8 nitrogen and oxygen atoms in total. The quantitative estimate of drug-likeness (QED) is 0.618. The van der Waals surface area contributed by atoms with Crippen LogP contribution in [0.5, 0.6) is 5.75 Å². The average Bonchev–Trinajstić information content (AvgIpc) is 2.93. The molecule has 29 heavy (non-hydrogen) atoms. The Morgan fingerprint density at radius 1 is 1.17 bits per heavy atom. The first-order chi connectivity index (χ1) is 13.8. The van der Waals surface area contributed by atoms with Crippen LogP contribution in [0.3, 0.4) is 0 Å². The van der Waals surface area contributed by atoms with Gasteiger partial charge in [-0.05, 0) is 31.0 Å². The predicted octanol–water partition coefficient (Wildman–Crippen LogP) is 2.49. The molecule has 0 unspecified atom stereocenters. The Kier molecular flexibility index (Phi) is 8.04. The molecule has 0 aliphatic heterocycles. The lowest BCUT2D eigenvalue weighted by atomic mass is 9.94. The van der Waals surface area contributed by atoms with Crippen molar-refractivity contribution in [2.24, 2.45) is 5.92 Å². The average molecular weight is 427 g/mol. The van der Waals surface area contributed by atoms with Gasteiger partial charge in [0, 0.05) is 24.7 Å². The maximum absolute atomic E-state index is 13.0. The summed E-state index contributed by atoms with van der Waals surface area (Å²) in [7, 11) is -2.45. The summed E-state index contributed by atoms with van der Waals surface area (Å²) in [4.78, 5) is 24.3. The van der Waals surface area contributed by atoms with Gasteiger partial charge >= 0.3 is 5.97 Å². The molecule has 2 N–H and O–H groups in total. The normalized spacial score (nSPS) is 20.1. The Hall–Kier alpha value is -2.13. The number of methoxy groups -OCH3 is 1. The maximum atomic E-state index is 13.0. The van der Waals surface area contributed by atoms with E-state index in [2.05, 4.69) is 5.32 Å². The van der Waals surface area contributed by atoms with E-state index in [1.54, 1.807) is 13.8 Å². The lowest BCUT2D eigenvalue weighted by molar-refractivity contribution is -0.142. The number of carbonyl (C=O) groups is 2. The van der Waals surface area contributed by atoms with Gasteiger partial charge in [-0.2, -0.15) is 4.31 Å². The molecule has 2 rings (SSSR count). The van der Waals surface area contributed by atoms with Crippen molar-refractivity contribution in [1.29, 1.82) is 0 Å². The third kappa shape index (κ3) is 5.27. The van der Waals surface area contributed by atoms with Crippen molar-refractivity contribution in [2.75, 3.05) is 20.2 Å². The molecule has 1 saturated carbocycles. The van der Waals surface area contributed by atoms with E-state index in [0.29, 0.717) is 25.9 Å². The topological polar surface area (TPSA) is 113 Å². The molecular weight excluding hydrogens is 396 g/mol. The van der Waals surface area contributed by atoms with Gasteiger partial charge in [0.1, 0.15) is 10.6 Å². The van der Waals surface area contributed by atoms with Crippen LogP contribution < -0.4 is 10.1 Å². The highest BCUT2D eigenvalue weighted by molar-refractivity contribution is 7.89. The van der Waals surface area contributed by atoms with Crippen LogP contribution in [-0.2, 0) is 14.8 Å². The van der Waals surface area contributed by atoms with Crippen molar-refractivity contribution in [2.45, 2.75) is 56.9 Å². The fourth-order valence-corrected chi connectivity index (χ4v) is 5.39. The fourth-order valence-electron chi connectivity index (χ4n) is 3.75.